The van der Waals surface area contributed by atoms with Crippen molar-refractivity contribution in [3.05, 3.63) is 65.1 Å². The molecule has 0 aliphatic heterocycles. The molecule has 0 saturated carbocycles. The molecule has 0 N–H and O–H groups in total. The zero-order chi connectivity index (χ0) is 27.2. The number of methoxy groups -OCH3 is 4. The first-order valence-electron chi connectivity index (χ1n) is 12.5. The maximum atomic E-state index is 5.72. The van der Waals surface area contributed by atoms with E-state index >= 15 is 0 Å². The number of nitrogens with zero attached hydrogens (tertiary/aromatic N) is 4. The third kappa shape index (κ3) is 5.62. The van der Waals surface area contributed by atoms with Crippen LogP contribution in [0.3, 0.4) is 0 Å². The molecule has 2 aromatic heterocycles. The van der Waals surface area contributed by atoms with Gasteiger partial charge in [0.2, 0.25) is 0 Å². The zero-order valence-electron chi connectivity index (χ0n) is 23.2. The number of hydrogen-bond donors (Lipinski definition) is 0. The highest BCUT2D eigenvalue weighted by molar-refractivity contribution is 5.87. The SMILES string of the molecule is CCOCc1nc2c(N(Cc3ccc(OC)cc3OC)Cc3ccc(OC)cc3OC)nc(C)cc2n1C. The molecule has 0 bridgehead atoms. The van der Waals surface area contributed by atoms with Gasteiger partial charge >= 0.3 is 0 Å². The second-order valence-electron chi connectivity index (χ2n) is 8.89. The van der Waals surface area contributed by atoms with Crippen molar-refractivity contribution in [1.29, 1.82) is 0 Å². The number of aryl methyl sites for hydroxylation is 2. The average molecular weight is 521 g/mol. The molecular weight excluding hydrogens is 484 g/mol. The molecule has 4 rings (SSSR count). The normalized spacial score (nSPS) is 11.0. The van der Waals surface area contributed by atoms with Gasteiger partial charge in [-0.1, -0.05) is 0 Å². The first-order chi connectivity index (χ1) is 18.4. The van der Waals surface area contributed by atoms with Gasteiger partial charge in [0.05, 0.1) is 34.0 Å². The van der Waals surface area contributed by atoms with Gasteiger partial charge in [-0.2, -0.15) is 0 Å². The molecular formula is C29H36N4O5. The van der Waals surface area contributed by atoms with Crippen molar-refractivity contribution in [1.82, 2.24) is 14.5 Å². The summed E-state index contributed by atoms with van der Waals surface area (Å²) in [5.74, 6) is 4.55. The molecule has 0 radical (unpaired) electrons. The van der Waals surface area contributed by atoms with Crippen molar-refractivity contribution in [3.8, 4) is 23.0 Å². The number of pyridine rings is 1. The van der Waals surface area contributed by atoms with Crippen LogP contribution in [-0.4, -0.2) is 49.6 Å². The summed E-state index contributed by atoms with van der Waals surface area (Å²) in [6, 6.07) is 13.7. The quantitative estimate of drug-likeness (QED) is 0.257. The van der Waals surface area contributed by atoms with E-state index < -0.39 is 0 Å². The minimum absolute atomic E-state index is 0.429. The van der Waals surface area contributed by atoms with Crippen LogP contribution in [0, 0.1) is 6.92 Å². The van der Waals surface area contributed by atoms with Crippen molar-refractivity contribution < 1.29 is 23.7 Å². The minimum Gasteiger partial charge on any atom is -0.497 e. The fourth-order valence-corrected chi connectivity index (χ4v) is 4.46. The first kappa shape index (κ1) is 27.1. The van der Waals surface area contributed by atoms with Crippen molar-refractivity contribution >= 4 is 16.9 Å². The molecule has 0 fully saturated rings. The summed E-state index contributed by atoms with van der Waals surface area (Å²) in [5.41, 5.74) is 4.68. The average Bonchev–Trinajstić information content (AvgIpc) is 3.26. The predicted octanol–water partition coefficient (Wildman–Crippen LogP) is 5.05. The van der Waals surface area contributed by atoms with Gasteiger partial charge < -0.3 is 33.2 Å². The van der Waals surface area contributed by atoms with E-state index in [2.05, 4.69) is 15.5 Å². The standard InChI is InChI=1S/C29H36N4O5/c1-8-38-18-27-31-28-24(32(27)3)13-19(2)30-29(28)33(16-20-9-11-22(34-4)14-25(20)36-6)17-21-10-12-23(35-5)15-26(21)37-7/h9-15H,8,16-18H2,1-7H3. The number of hydrogen-bond acceptors (Lipinski definition) is 8. The van der Waals surface area contributed by atoms with Crippen LogP contribution >= 0.6 is 0 Å². The Labute approximate surface area is 223 Å². The Morgan fingerprint density at radius 1 is 0.789 bits per heavy atom. The molecule has 202 valence electrons. The van der Waals surface area contributed by atoms with E-state index in [0.29, 0.717) is 26.3 Å². The lowest BCUT2D eigenvalue weighted by Crippen LogP contribution is -2.24. The molecule has 0 aliphatic rings. The van der Waals surface area contributed by atoms with Crippen molar-refractivity contribution in [2.45, 2.75) is 33.5 Å². The number of benzene rings is 2. The van der Waals surface area contributed by atoms with Gasteiger partial charge in [0.1, 0.15) is 40.9 Å². The fraction of sp³-hybridized carbons (Fsp3) is 0.379. The summed E-state index contributed by atoms with van der Waals surface area (Å²) in [6.07, 6.45) is 0. The summed E-state index contributed by atoms with van der Waals surface area (Å²) in [4.78, 5) is 12.1. The van der Waals surface area contributed by atoms with Crippen LogP contribution < -0.4 is 23.8 Å². The molecule has 4 aromatic rings. The van der Waals surface area contributed by atoms with Gasteiger partial charge in [-0.25, -0.2) is 9.97 Å². The van der Waals surface area contributed by atoms with E-state index in [1.165, 1.54) is 0 Å². The highest BCUT2D eigenvalue weighted by Crippen LogP contribution is 2.34. The lowest BCUT2D eigenvalue weighted by atomic mass is 10.1. The van der Waals surface area contributed by atoms with Gasteiger partial charge in [-0.3, -0.25) is 0 Å². The highest BCUT2D eigenvalue weighted by atomic mass is 16.5. The number of imidazole rings is 1. The highest BCUT2D eigenvalue weighted by Gasteiger charge is 2.22. The number of rotatable bonds is 12. The van der Waals surface area contributed by atoms with Gasteiger partial charge in [0.25, 0.3) is 0 Å². The summed E-state index contributed by atoms with van der Waals surface area (Å²) >= 11 is 0. The van der Waals surface area contributed by atoms with Gasteiger partial charge in [0.15, 0.2) is 5.82 Å². The zero-order valence-corrected chi connectivity index (χ0v) is 23.2. The number of aromatic nitrogens is 3. The Morgan fingerprint density at radius 2 is 1.37 bits per heavy atom. The van der Waals surface area contributed by atoms with Crippen molar-refractivity contribution in [2.75, 3.05) is 39.9 Å². The van der Waals surface area contributed by atoms with E-state index in [-0.39, 0.29) is 0 Å². The molecule has 0 atom stereocenters. The van der Waals surface area contributed by atoms with Crippen molar-refractivity contribution in [2.24, 2.45) is 7.05 Å². The molecule has 0 aliphatic carbocycles. The molecule has 38 heavy (non-hydrogen) atoms. The molecule has 2 heterocycles. The fourth-order valence-electron chi connectivity index (χ4n) is 4.46. The maximum absolute atomic E-state index is 5.72. The summed E-state index contributed by atoms with van der Waals surface area (Å²) < 4.78 is 30.0. The molecule has 9 heteroatoms. The molecule has 0 unspecified atom stereocenters. The maximum Gasteiger partial charge on any atom is 0.157 e. The van der Waals surface area contributed by atoms with E-state index in [4.69, 9.17) is 33.7 Å². The Kier molecular flexibility index (Phi) is 8.58. The third-order valence-corrected chi connectivity index (χ3v) is 6.52. The van der Waals surface area contributed by atoms with Crippen LogP contribution in [0.2, 0.25) is 0 Å². The number of anilines is 1. The van der Waals surface area contributed by atoms with Gasteiger partial charge in [0, 0.05) is 55.7 Å². The summed E-state index contributed by atoms with van der Waals surface area (Å²) in [7, 11) is 8.63. The van der Waals surface area contributed by atoms with Crippen LogP contribution in [0.5, 0.6) is 23.0 Å². The smallest absolute Gasteiger partial charge is 0.157 e. The van der Waals surface area contributed by atoms with E-state index in [0.717, 1.165) is 62.5 Å². The topological polar surface area (TPSA) is 80.1 Å². The molecule has 0 amide bonds. The molecule has 0 saturated heterocycles. The largest absolute Gasteiger partial charge is 0.497 e. The monoisotopic (exact) mass is 520 g/mol. The van der Waals surface area contributed by atoms with Crippen LogP contribution in [-0.2, 0) is 31.5 Å². The lowest BCUT2D eigenvalue weighted by Gasteiger charge is -2.26. The van der Waals surface area contributed by atoms with Crippen molar-refractivity contribution in [3.63, 3.8) is 0 Å². The summed E-state index contributed by atoms with van der Waals surface area (Å²) in [6.45, 7) is 6.06. The molecule has 0 spiro atoms. The van der Waals surface area contributed by atoms with E-state index in [1.807, 2.05) is 57.3 Å². The van der Waals surface area contributed by atoms with Gasteiger partial charge in [-0.15, -0.1) is 0 Å². The Bertz CT molecular complexity index is 1340. The predicted molar refractivity (Wildman–Crippen MR) is 148 cm³/mol. The minimum atomic E-state index is 0.429. The van der Waals surface area contributed by atoms with Crippen LogP contribution in [0.1, 0.15) is 29.6 Å². The van der Waals surface area contributed by atoms with E-state index in [1.54, 1.807) is 28.4 Å². The summed E-state index contributed by atoms with van der Waals surface area (Å²) in [5, 5.41) is 0. The molecule has 2 aromatic carbocycles. The Hall–Kier alpha value is -3.98. The third-order valence-electron chi connectivity index (χ3n) is 6.52. The van der Waals surface area contributed by atoms with Gasteiger partial charge in [-0.05, 0) is 44.2 Å². The van der Waals surface area contributed by atoms with Crippen LogP contribution in [0.25, 0.3) is 11.0 Å². The van der Waals surface area contributed by atoms with Crippen LogP contribution in [0.4, 0.5) is 5.82 Å². The Balaban J connectivity index is 1.86. The number of fused-ring (bicyclic) bond motifs is 1. The second kappa shape index (κ2) is 12.0. The Morgan fingerprint density at radius 3 is 1.87 bits per heavy atom. The second-order valence-corrected chi connectivity index (χ2v) is 8.89. The van der Waals surface area contributed by atoms with E-state index in [9.17, 15) is 0 Å². The lowest BCUT2D eigenvalue weighted by molar-refractivity contribution is 0.126. The number of ether oxygens (including phenoxy) is 5. The first-order valence-corrected chi connectivity index (χ1v) is 12.5. The van der Waals surface area contributed by atoms with Crippen LogP contribution in [0.15, 0.2) is 42.5 Å². The molecule has 9 nitrogen and oxygen atoms in total.